The maximum atomic E-state index is 12.9. The van der Waals surface area contributed by atoms with Crippen molar-refractivity contribution in [2.75, 3.05) is 11.5 Å². The Hall–Kier alpha value is -1.57. The van der Waals surface area contributed by atoms with Crippen LogP contribution in [-0.4, -0.2) is 31.9 Å². The molecule has 1 amide bonds. The minimum atomic E-state index is -3.17. The van der Waals surface area contributed by atoms with Crippen molar-refractivity contribution in [3.8, 4) is 0 Å². The van der Waals surface area contributed by atoms with E-state index in [4.69, 9.17) is 0 Å². The topological polar surface area (TPSA) is 63.2 Å². The molecule has 1 aromatic carbocycles. The van der Waals surface area contributed by atoms with Gasteiger partial charge in [-0.05, 0) is 18.6 Å². The fourth-order valence-electron chi connectivity index (χ4n) is 1.86. The summed E-state index contributed by atoms with van der Waals surface area (Å²) in [6.07, 6.45) is 0.250. The lowest BCUT2D eigenvalue weighted by molar-refractivity contribution is 0.0940. The molecule has 1 heterocycles. The third kappa shape index (κ3) is 3.06. The lowest BCUT2D eigenvalue weighted by atomic mass is 10.1. The molecule has 1 aromatic rings. The van der Waals surface area contributed by atoms with Crippen LogP contribution in [0.15, 0.2) is 12.1 Å². The highest BCUT2D eigenvalue weighted by Gasteiger charge is 2.29. The second-order valence-electron chi connectivity index (χ2n) is 4.33. The monoisotopic (exact) mass is 293 g/mol. The highest BCUT2D eigenvalue weighted by molar-refractivity contribution is 7.91. The van der Waals surface area contributed by atoms with Crippen molar-refractivity contribution in [3.63, 3.8) is 0 Å². The molecule has 1 unspecified atom stereocenters. The molecule has 0 saturated carbocycles. The Morgan fingerprint density at radius 2 is 1.79 bits per heavy atom. The number of benzene rings is 1. The number of halogens is 3. The molecule has 8 heteroatoms. The van der Waals surface area contributed by atoms with E-state index < -0.39 is 39.2 Å². The van der Waals surface area contributed by atoms with Crippen LogP contribution in [0.25, 0.3) is 0 Å². The van der Waals surface area contributed by atoms with Gasteiger partial charge in [-0.3, -0.25) is 4.79 Å². The molecule has 1 N–H and O–H groups in total. The zero-order valence-corrected chi connectivity index (χ0v) is 10.4. The van der Waals surface area contributed by atoms with Gasteiger partial charge < -0.3 is 5.32 Å². The summed E-state index contributed by atoms with van der Waals surface area (Å²) in [6, 6.07) is 0.544. The molecule has 1 aliphatic rings. The molecule has 0 radical (unpaired) electrons. The molecule has 1 aliphatic heterocycles. The maximum absolute atomic E-state index is 12.9. The molecule has 19 heavy (non-hydrogen) atoms. The first kappa shape index (κ1) is 13.9. The zero-order valence-electron chi connectivity index (χ0n) is 9.62. The summed E-state index contributed by atoms with van der Waals surface area (Å²) < 4.78 is 61.0. The quantitative estimate of drug-likeness (QED) is 0.828. The average Bonchev–Trinajstić information content (AvgIpc) is 2.64. The largest absolute Gasteiger partial charge is 0.348 e. The first-order valence-electron chi connectivity index (χ1n) is 5.44. The molecular formula is C11H10F3NO3S. The molecule has 0 bridgehead atoms. The summed E-state index contributed by atoms with van der Waals surface area (Å²) in [7, 11) is -3.17. The van der Waals surface area contributed by atoms with Crippen LogP contribution in [0.2, 0.25) is 0 Å². The van der Waals surface area contributed by atoms with Gasteiger partial charge in [-0.15, -0.1) is 0 Å². The Balaban J connectivity index is 2.13. The minimum Gasteiger partial charge on any atom is -0.348 e. The molecule has 0 aromatic heterocycles. The Kier molecular flexibility index (Phi) is 3.53. The smallest absolute Gasteiger partial charge is 0.251 e. The molecule has 1 fully saturated rings. The van der Waals surface area contributed by atoms with Crippen LogP contribution < -0.4 is 5.32 Å². The van der Waals surface area contributed by atoms with E-state index in [-0.39, 0.29) is 23.5 Å². The van der Waals surface area contributed by atoms with Gasteiger partial charge in [0.05, 0.1) is 11.5 Å². The van der Waals surface area contributed by atoms with Crippen LogP contribution in [0, 0.1) is 17.5 Å². The van der Waals surface area contributed by atoms with E-state index in [2.05, 4.69) is 5.32 Å². The molecule has 1 saturated heterocycles. The van der Waals surface area contributed by atoms with E-state index in [9.17, 15) is 26.4 Å². The number of hydrogen-bond donors (Lipinski definition) is 1. The van der Waals surface area contributed by atoms with E-state index in [1.165, 1.54) is 0 Å². The van der Waals surface area contributed by atoms with Crippen molar-refractivity contribution in [2.45, 2.75) is 12.5 Å². The Bertz CT molecular complexity index is 607. The molecule has 0 aliphatic carbocycles. The van der Waals surface area contributed by atoms with Crippen molar-refractivity contribution < 1.29 is 26.4 Å². The fraction of sp³-hybridized carbons (Fsp3) is 0.364. The van der Waals surface area contributed by atoms with Crippen LogP contribution in [-0.2, 0) is 9.84 Å². The maximum Gasteiger partial charge on any atom is 0.251 e. The third-order valence-corrected chi connectivity index (χ3v) is 4.58. The van der Waals surface area contributed by atoms with Gasteiger partial charge in [-0.2, -0.15) is 0 Å². The van der Waals surface area contributed by atoms with Crippen LogP contribution in [0.1, 0.15) is 16.8 Å². The lowest BCUT2D eigenvalue weighted by Gasteiger charge is -2.11. The number of carbonyl (C=O) groups is 1. The normalized spacial score (nSPS) is 21.3. The molecule has 2 rings (SSSR count). The van der Waals surface area contributed by atoms with Gasteiger partial charge >= 0.3 is 0 Å². The Morgan fingerprint density at radius 3 is 2.26 bits per heavy atom. The number of amides is 1. The van der Waals surface area contributed by atoms with Gasteiger partial charge in [0.1, 0.15) is 0 Å². The van der Waals surface area contributed by atoms with E-state index in [0.29, 0.717) is 12.1 Å². The summed E-state index contributed by atoms with van der Waals surface area (Å²) in [5.41, 5.74) is -0.388. The number of hydrogen-bond acceptors (Lipinski definition) is 3. The SMILES string of the molecule is O=C(NC1CCS(=O)(=O)C1)c1cc(F)c(F)c(F)c1. The fourth-order valence-corrected chi connectivity index (χ4v) is 3.54. The third-order valence-electron chi connectivity index (χ3n) is 2.81. The van der Waals surface area contributed by atoms with E-state index >= 15 is 0 Å². The van der Waals surface area contributed by atoms with Crippen molar-refractivity contribution in [3.05, 3.63) is 35.1 Å². The van der Waals surface area contributed by atoms with Crippen molar-refractivity contribution >= 4 is 15.7 Å². The van der Waals surface area contributed by atoms with Crippen molar-refractivity contribution in [1.29, 1.82) is 0 Å². The summed E-state index contributed by atoms with van der Waals surface area (Å²) in [5.74, 6) is -5.66. The molecular weight excluding hydrogens is 283 g/mol. The molecule has 104 valence electrons. The zero-order chi connectivity index (χ0) is 14.2. The first-order chi connectivity index (χ1) is 8.78. The van der Waals surface area contributed by atoms with Gasteiger partial charge in [0.15, 0.2) is 27.3 Å². The summed E-state index contributed by atoms with van der Waals surface area (Å²) in [4.78, 5) is 11.7. The number of nitrogens with one attached hydrogen (secondary N) is 1. The Morgan fingerprint density at radius 1 is 1.21 bits per heavy atom. The van der Waals surface area contributed by atoms with Gasteiger partial charge in [-0.25, -0.2) is 21.6 Å². The molecule has 4 nitrogen and oxygen atoms in total. The summed E-state index contributed by atoms with van der Waals surface area (Å²) in [5, 5.41) is 2.35. The van der Waals surface area contributed by atoms with E-state index in [1.54, 1.807) is 0 Å². The van der Waals surface area contributed by atoms with Crippen LogP contribution in [0.3, 0.4) is 0 Å². The highest BCUT2D eigenvalue weighted by Crippen LogP contribution is 2.15. The van der Waals surface area contributed by atoms with Gasteiger partial charge in [-0.1, -0.05) is 0 Å². The van der Waals surface area contributed by atoms with Gasteiger partial charge in [0.2, 0.25) is 0 Å². The molecule has 0 spiro atoms. The standard InChI is InChI=1S/C11H10F3NO3S/c12-8-3-6(4-9(13)10(8)14)11(16)15-7-1-2-19(17,18)5-7/h3-4,7H,1-2,5H2,(H,15,16). The average molecular weight is 293 g/mol. The van der Waals surface area contributed by atoms with Crippen LogP contribution in [0.5, 0.6) is 0 Å². The van der Waals surface area contributed by atoms with E-state index in [0.717, 1.165) is 0 Å². The lowest BCUT2D eigenvalue weighted by Crippen LogP contribution is -2.35. The second kappa shape index (κ2) is 4.84. The second-order valence-corrected chi connectivity index (χ2v) is 6.56. The van der Waals surface area contributed by atoms with Crippen LogP contribution in [0.4, 0.5) is 13.2 Å². The van der Waals surface area contributed by atoms with Crippen LogP contribution >= 0.6 is 0 Å². The summed E-state index contributed by atoms with van der Waals surface area (Å²) in [6.45, 7) is 0. The van der Waals surface area contributed by atoms with Gasteiger partial charge in [0, 0.05) is 11.6 Å². The number of carbonyl (C=O) groups excluding carboxylic acids is 1. The van der Waals surface area contributed by atoms with Crippen molar-refractivity contribution in [1.82, 2.24) is 5.32 Å². The van der Waals surface area contributed by atoms with E-state index in [1.807, 2.05) is 0 Å². The first-order valence-corrected chi connectivity index (χ1v) is 7.26. The Labute approximate surface area is 107 Å². The molecule has 1 atom stereocenters. The minimum absolute atomic E-state index is 0.0376. The summed E-state index contributed by atoms with van der Waals surface area (Å²) >= 11 is 0. The number of rotatable bonds is 2. The van der Waals surface area contributed by atoms with Crippen molar-refractivity contribution in [2.24, 2.45) is 0 Å². The van der Waals surface area contributed by atoms with Gasteiger partial charge in [0.25, 0.3) is 5.91 Å². The predicted molar refractivity (Wildman–Crippen MR) is 60.8 cm³/mol. The predicted octanol–water partition coefficient (Wildman–Crippen LogP) is 1.02. The highest BCUT2D eigenvalue weighted by atomic mass is 32.2. The number of sulfone groups is 1.